The number of aliphatic hydroxyl groups is 1. The summed E-state index contributed by atoms with van der Waals surface area (Å²) in [6.07, 6.45) is 4.54. The van der Waals surface area contributed by atoms with Gasteiger partial charge in [-0.15, -0.1) is 0 Å². The van der Waals surface area contributed by atoms with Crippen molar-refractivity contribution < 1.29 is 19.1 Å². The molecule has 2 heterocycles. The van der Waals surface area contributed by atoms with Crippen molar-refractivity contribution in [2.75, 3.05) is 13.1 Å². The fraction of sp³-hybridized carbons (Fsp3) is 0.467. The number of piperidine rings is 1. The number of amides is 1. The molecule has 6 heteroatoms. The molecular weight excluding hydrogens is 454 g/mol. The second-order valence-electron chi connectivity index (χ2n) is 10.6. The maximum atomic E-state index is 13.2. The van der Waals surface area contributed by atoms with Gasteiger partial charge in [-0.2, -0.15) is 0 Å². The summed E-state index contributed by atoms with van der Waals surface area (Å²) in [7, 11) is 0. The third kappa shape index (κ3) is 4.66. The van der Waals surface area contributed by atoms with Crippen LogP contribution in [0.2, 0.25) is 0 Å². The van der Waals surface area contributed by atoms with Crippen molar-refractivity contribution in [3.8, 4) is 5.75 Å². The Morgan fingerprint density at radius 2 is 1.97 bits per heavy atom. The molecule has 2 atom stereocenters. The molecular formula is C30H35NO5. The normalized spacial score (nSPS) is 21.9. The van der Waals surface area contributed by atoms with Crippen molar-refractivity contribution in [2.45, 2.75) is 71.5 Å². The number of ether oxygens (including phenoxy) is 1. The molecule has 1 saturated heterocycles. The first-order valence-corrected chi connectivity index (χ1v) is 13.0. The van der Waals surface area contributed by atoms with Crippen molar-refractivity contribution in [2.24, 2.45) is 5.92 Å². The minimum Gasteiger partial charge on any atom is -0.488 e. The minimum absolute atomic E-state index is 0.0138. The molecule has 2 aliphatic rings. The van der Waals surface area contributed by atoms with E-state index >= 15 is 0 Å². The van der Waals surface area contributed by atoms with E-state index in [4.69, 9.17) is 9.15 Å². The number of rotatable bonds is 5. The number of hydrogen-bond acceptors (Lipinski definition) is 5. The maximum absolute atomic E-state index is 13.2. The summed E-state index contributed by atoms with van der Waals surface area (Å²) in [4.78, 5) is 28.0. The molecule has 2 aromatic carbocycles. The highest BCUT2D eigenvalue weighted by Crippen LogP contribution is 2.40. The van der Waals surface area contributed by atoms with Crippen LogP contribution in [0.15, 0.2) is 45.6 Å². The summed E-state index contributed by atoms with van der Waals surface area (Å²) in [5.41, 5.74) is 3.59. The molecule has 0 bridgehead atoms. The number of nitrogens with zero attached hydrogens (tertiary/aromatic N) is 1. The Hall–Kier alpha value is -3.12. The van der Waals surface area contributed by atoms with E-state index in [0.29, 0.717) is 43.0 Å². The van der Waals surface area contributed by atoms with E-state index in [1.165, 1.54) is 5.56 Å². The number of aryl methyl sites for hydroxylation is 3. The average Bonchev–Trinajstić information content (AvgIpc) is 2.86. The second kappa shape index (κ2) is 9.74. The fourth-order valence-electron chi connectivity index (χ4n) is 5.95. The van der Waals surface area contributed by atoms with Gasteiger partial charge in [-0.1, -0.05) is 42.7 Å². The summed E-state index contributed by atoms with van der Waals surface area (Å²) >= 11 is 0. The van der Waals surface area contributed by atoms with E-state index in [1.54, 1.807) is 0 Å². The van der Waals surface area contributed by atoms with Crippen molar-refractivity contribution in [1.82, 2.24) is 4.90 Å². The quantitative estimate of drug-likeness (QED) is 0.511. The zero-order valence-corrected chi connectivity index (χ0v) is 21.4. The highest BCUT2D eigenvalue weighted by molar-refractivity contribution is 5.87. The fourth-order valence-corrected chi connectivity index (χ4v) is 5.95. The monoisotopic (exact) mass is 489 g/mol. The molecule has 36 heavy (non-hydrogen) atoms. The van der Waals surface area contributed by atoms with Gasteiger partial charge in [0.25, 0.3) is 0 Å². The average molecular weight is 490 g/mol. The van der Waals surface area contributed by atoms with Crippen LogP contribution in [-0.2, 0) is 17.8 Å². The highest BCUT2D eigenvalue weighted by atomic mass is 16.5. The summed E-state index contributed by atoms with van der Waals surface area (Å²) in [6.45, 7) is 7.34. The molecule has 1 aliphatic carbocycles. The second-order valence-corrected chi connectivity index (χ2v) is 10.6. The van der Waals surface area contributed by atoms with Gasteiger partial charge in [0.05, 0.1) is 17.6 Å². The predicted octanol–water partition coefficient (Wildman–Crippen LogP) is 4.99. The van der Waals surface area contributed by atoms with Gasteiger partial charge in [0.15, 0.2) is 0 Å². The molecule has 6 nitrogen and oxygen atoms in total. The number of fused-ring (bicyclic) bond motifs is 2. The van der Waals surface area contributed by atoms with Crippen LogP contribution in [-0.4, -0.2) is 34.6 Å². The maximum Gasteiger partial charge on any atom is 0.340 e. The zero-order chi connectivity index (χ0) is 25.4. The van der Waals surface area contributed by atoms with Crippen molar-refractivity contribution in [3.63, 3.8) is 0 Å². The van der Waals surface area contributed by atoms with Crippen LogP contribution in [0.3, 0.4) is 0 Å². The molecule has 1 saturated carbocycles. The number of benzene rings is 2. The summed E-state index contributed by atoms with van der Waals surface area (Å²) < 4.78 is 11.8. The van der Waals surface area contributed by atoms with E-state index in [-0.39, 0.29) is 18.2 Å². The van der Waals surface area contributed by atoms with Gasteiger partial charge in [0, 0.05) is 30.0 Å². The third-order valence-electron chi connectivity index (χ3n) is 8.24. The van der Waals surface area contributed by atoms with Gasteiger partial charge in [-0.3, -0.25) is 4.79 Å². The van der Waals surface area contributed by atoms with Gasteiger partial charge in [-0.25, -0.2) is 4.79 Å². The Labute approximate surface area is 211 Å². The molecule has 2 fully saturated rings. The predicted molar refractivity (Wildman–Crippen MR) is 139 cm³/mol. The molecule has 1 amide bonds. The summed E-state index contributed by atoms with van der Waals surface area (Å²) in [5.74, 6) is 0.717. The lowest BCUT2D eigenvalue weighted by Gasteiger charge is -2.47. The highest BCUT2D eigenvalue weighted by Gasteiger charge is 2.43. The Bertz CT molecular complexity index is 1360. The van der Waals surface area contributed by atoms with Crippen molar-refractivity contribution in [3.05, 3.63) is 74.6 Å². The standard InChI is InChI=1S/C30H35NO5/c1-19-7-6-8-22(15-19)18-35-26-11-10-24-20(2)25(29(33)36-28(24)21(26)3)16-27(32)31-14-13-30(34)12-5-4-9-23(30)17-31/h6-8,10-11,15,23,34H,4-5,9,12-14,16-18H2,1-3H3. The molecule has 1 N–H and O–H groups in total. The molecule has 0 radical (unpaired) electrons. The molecule has 5 rings (SSSR count). The smallest absolute Gasteiger partial charge is 0.340 e. The van der Waals surface area contributed by atoms with Gasteiger partial charge >= 0.3 is 5.63 Å². The molecule has 1 aliphatic heterocycles. The lowest BCUT2D eigenvalue weighted by molar-refractivity contribution is -0.142. The van der Waals surface area contributed by atoms with Crippen LogP contribution in [0.4, 0.5) is 0 Å². The number of carbonyl (C=O) groups excluding carboxylic acids is 1. The van der Waals surface area contributed by atoms with E-state index in [1.807, 2.05) is 56.0 Å². The Morgan fingerprint density at radius 3 is 2.78 bits per heavy atom. The van der Waals surface area contributed by atoms with E-state index in [2.05, 4.69) is 6.07 Å². The SMILES string of the molecule is Cc1cccc(COc2ccc3c(C)c(CC(=O)N4CCC5(O)CCCCC5C4)c(=O)oc3c2C)c1. The number of hydrogen-bond donors (Lipinski definition) is 1. The largest absolute Gasteiger partial charge is 0.488 e. The third-order valence-corrected chi connectivity index (χ3v) is 8.24. The first-order chi connectivity index (χ1) is 17.2. The van der Waals surface area contributed by atoms with E-state index in [0.717, 1.165) is 47.8 Å². The first-order valence-electron chi connectivity index (χ1n) is 13.0. The van der Waals surface area contributed by atoms with Crippen LogP contribution in [0.5, 0.6) is 5.75 Å². The minimum atomic E-state index is -0.635. The Kier molecular flexibility index (Phi) is 6.64. The molecule has 190 valence electrons. The van der Waals surface area contributed by atoms with Gasteiger partial charge in [0.2, 0.25) is 5.91 Å². The Balaban J connectivity index is 1.35. The lowest BCUT2D eigenvalue weighted by atomic mass is 9.71. The van der Waals surface area contributed by atoms with E-state index < -0.39 is 11.2 Å². The molecule has 1 aromatic heterocycles. The summed E-state index contributed by atoms with van der Waals surface area (Å²) in [5, 5.41) is 11.8. The van der Waals surface area contributed by atoms with Gasteiger partial charge < -0.3 is 19.2 Å². The van der Waals surface area contributed by atoms with Gasteiger partial charge in [0.1, 0.15) is 17.9 Å². The summed E-state index contributed by atoms with van der Waals surface area (Å²) in [6, 6.07) is 12.0. The zero-order valence-electron chi connectivity index (χ0n) is 21.4. The Morgan fingerprint density at radius 1 is 1.14 bits per heavy atom. The topological polar surface area (TPSA) is 80.0 Å². The van der Waals surface area contributed by atoms with Crippen LogP contribution in [0, 0.1) is 26.7 Å². The van der Waals surface area contributed by atoms with Crippen LogP contribution in [0.1, 0.15) is 59.9 Å². The van der Waals surface area contributed by atoms with Crippen molar-refractivity contribution >= 4 is 16.9 Å². The molecule has 2 unspecified atom stereocenters. The van der Waals surface area contributed by atoms with Crippen molar-refractivity contribution in [1.29, 1.82) is 0 Å². The number of carbonyl (C=O) groups is 1. The van der Waals surface area contributed by atoms with Crippen LogP contribution in [0.25, 0.3) is 11.0 Å². The van der Waals surface area contributed by atoms with Crippen LogP contribution >= 0.6 is 0 Å². The molecule has 3 aromatic rings. The lowest BCUT2D eigenvalue weighted by Crippen LogP contribution is -2.55. The van der Waals surface area contributed by atoms with E-state index in [9.17, 15) is 14.7 Å². The number of likely N-dealkylation sites (tertiary alicyclic amines) is 1. The first kappa shape index (κ1) is 24.6. The van der Waals surface area contributed by atoms with Crippen LogP contribution < -0.4 is 10.4 Å². The van der Waals surface area contributed by atoms with Gasteiger partial charge in [-0.05, 0) is 63.3 Å². The molecule has 0 spiro atoms.